The first-order valence-corrected chi connectivity index (χ1v) is 7.27. The minimum absolute atomic E-state index is 0.143. The molecule has 0 amide bonds. The molecule has 3 rings (SSSR count). The molecule has 1 aliphatic carbocycles. The van der Waals surface area contributed by atoms with Crippen molar-refractivity contribution in [3.8, 4) is 0 Å². The van der Waals surface area contributed by atoms with Gasteiger partial charge in [-0.05, 0) is 54.3 Å². The van der Waals surface area contributed by atoms with Crippen molar-refractivity contribution in [2.24, 2.45) is 0 Å². The normalized spacial score (nSPS) is 18.2. The molecule has 2 atom stereocenters. The van der Waals surface area contributed by atoms with E-state index in [1.54, 1.807) is 12.1 Å². The highest BCUT2D eigenvalue weighted by molar-refractivity contribution is 5.43. The van der Waals surface area contributed by atoms with Gasteiger partial charge in [0.2, 0.25) is 0 Å². The van der Waals surface area contributed by atoms with Crippen LogP contribution in [0.4, 0.5) is 4.39 Å². The fraction of sp³-hybridized carbons (Fsp3) is 0.333. The zero-order chi connectivity index (χ0) is 14.1. The largest absolute Gasteiger partial charge is 0.310 e. The Hall–Kier alpha value is -1.67. The number of fused-ring (bicyclic) bond motifs is 1. The Balaban J connectivity index is 1.94. The lowest BCUT2D eigenvalue weighted by Crippen LogP contribution is -2.33. The third-order valence-electron chi connectivity index (χ3n) is 4.14. The van der Waals surface area contributed by atoms with Crippen molar-refractivity contribution in [2.75, 3.05) is 6.54 Å². The Labute approximate surface area is 119 Å². The first-order valence-electron chi connectivity index (χ1n) is 7.27. The monoisotopic (exact) mass is 269 g/mol. The number of halogens is 1. The van der Waals surface area contributed by atoms with Crippen molar-refractivity contribution in [2.45, 2.75) is 32.2 Å². The number of nitrogens with one attached hydrogen (secondary N) is 1. The summed E-state index contributed by atoms with van der Waals surface area (Å²) in [7, 11) is 0. The van der Waals surface area contributed by atoms with Gasteiger partial charge in [0, 0.05) is 12.0 Å². The van der Waals surface area contributed by atoms with Crippen LogP contribution in [0.3, 0.4) is 0 Å². The average Bonchev–Trinajstić information content (AvgIpc) is 2.38. The molecule has 0 bridgehead atoms. The molecule has 1 nitrogen and oxygen atoms in total. The lowest BCUT2D eigenvalue weighted by Gasteiger charge is -2.37. The maximum absolute atomic E-state index is 13.7. The highest BCUT2D eigenvalue weighted by Crippen LogP contribution is 2.43. The summed E-state index contributed by atoms with van der Waals surface area (Å²) in [6, 6.07) is 14.1. The van der Waals surface area contributed by atoms with Gasteiger partial charge < -0.3 is 5.32 Å². The lowest BCUT2D eigenvalue weighted by atomic mass is 9.71. The first-order chi connectivity index (χ1) is 9.69. The summed E-state index contributed by atoms with van der Waals surface area (Å²) in [5, 5.41) is 3.53. The molecule has 1 aliphatic rings. The van der Waals surface area contributed by atoms with Crippen LogP contribution in [0.5, 0.6) is 0 Å². The summed E-state index contributed by atoms with van der Waals surface area (Å²) in [6.45, 7) is 4.94. The Kier molecular flexibility index (Phi) is 3.58. The summed E-state index contributed by atoms with van der Waals surface area (Å²) >= 11 is 0. The van der Waals surface area contributed by atoms with E-state index in [-0.39, 0.29) is 11.9 Å². The Morgan fingerprint density at radius 1 is 1.25 bits per heavy atom. The van der Waals surface area contributed by atoms with Crippen LogP contribution in [0.25, 0.3) is 0 Å². The minimum Gasteiger partial charge on any atom is -0.310 e. The van der Waals surface area contributed by atoms with Crippen LogP contribution in [-0.2, 0) is 6.42 Å². The number of rotatable bonds is 4. The third-order valence-corrected chi connectivity index (χ3v) is 4.14. The predicted octanol–water partition coefficient (Wildman–Crippen LogP) is 4.12. The molecular formula is C18H20FN. The molecule has 0 heterocycles. The maximum atomic E-state index is 13.7. The van der Waals surface area contributed by atoms with Crippen LogP contribution in [0, 0.1) is 12.7 Å². The number of aryl methyl sites for hydroxylation is 1. The van der Waals surface area contributed by atoms with Crippen LogP contribution in [0.1, 0.15) is 41.1 Å². The van der Waals surface area contributed by atoms with E-state index < -0.39 is 0 Å². The van der Waals surface area contributed by atoms with E-state index in [4.69, 9.17) is 0 Å². The smallest absolute Gasteiger partial charge is 0.123 e. The van der Waals surface area contributed by atoms with Crippen LogP contribution < -0.4 is 5.32 Å². The van der Waals surface area contributed by atoms with E-state index in [0.717, 1.165) is 24.1 Å². The number of hydrogen-bond donors (Lipinski definition) is 1. The zero-order valence-electron chi connectivity index (χ0n) is 12.0. The molecule has 0 fully saturated rings. The van der Waals surface area contributed by atoms with E-state index in [0.29, 0.717) is 5.92 Å². The standard InChI is InChI=1S/C18H20FN/c1-3-20-18(14-8-12(2)9-15(19)10-14)17-11-13-6-4-5-7-16(13)17/h4-10,17-18,20H,3,11H2,1-2H3. The average molecular weight is 269 g/mol. The van der Waals surface area contributed by atoms with Gasteiger partial charge in [-0.3, -0.25) is 0 Å². The van der Waals surface area contributed by atoms with Gasteiger partial charge in [0.25, 0.3) is 0 Å². The summed E-state index contributed by atoms with van der Waals surface area (Å²) in [5.74, 6) is 0.308. The highest BCUT2D eigenvalue weighted by atomic mass is 19.1. The molecule has 20 heavy (non-hydrogen) atoms. The molecule has 0 saturated heterocycles. The molecule has 2 aromatic carbocycles. The fourth-order valence-corrected chi connectivity index (χ4v) is 3.25. The molecule has 0 spiro atoms. The highest BCUT2D eigenvalue weighted by Gasteiger charge is 2.33. The molecule has 2 unspecified atom stereocenters. The van der Waals surface area contributed by atoms with Gasteiger partial charge in [-0.25, -0.2) is 4.39 Å². The van der Waals surface area contributed by atoms with Crippen molar-refractivity contribution in [3.63, 3.8) is 0 Å². The van der Waals surface area contributed by atoms with Crippen molar-refractivity contribution in [3.05, 3.63) is 70.5 Å². The van der Waals surface area contributed by atoms with Crippen molar-refractivity contribution in [1.29, 1.82) is 0 Å². The van der Waals surface area contributed by atoms with Crippen molar-refractivity contribution < 1.29 is 4.39 Å². The molecule has 2 heteroatoms. The minimum atomic E-state index is -0.143. The van der Waals surface area contributed by atoms with Gasteiger partial charge in [0.15, 0.2) is 0 Å². The van der Waals surface area contributed by atoms with Crippen LogP contribution in [-0.4, -0.2) is 6.54 Å². The zero-order valence-corrected chi connectivity index (χ0v) is 12.0. The molecule has 1 N–H and O–H groups in total. The molecule has 0 aromatic heterocycles. The molecule has 2 aromatic rings. The summed E-state index contributed by atoms with van der Waals surface area (Å²) in [4.78, 5) is 0. The van der Waals surface area contributed by atoms with E-state index in [1.165, 1.54) is 11.1 Å². The molecule has 104 valence electrons. The third kappa shape index (κ3) is 2.36. The van der Waals surface area contributed by atoms with Gasteiger partial charge in [-0.1, -0.05) is 37.3 Å². The van der Waals surface area contributed by atoms with Crippen LogP contribution in [0.2, 0.25) is 0 Å². The maximum Gasteiger partial charge on any atom is 0.123 e. The topological polar surface area (TPSA) is 12.0 Å². The predicted molar refractivity (Wildman–Crippen MR) is 80.4 cm³/mol. The SMILES string of the molecule is CCNC(c1cc(C)cc(F)c1)C1Cc2ccccc21. The van der Waals surface area contributed by atoms with Crippen LogP contribution >= 0.6 is 0 Å². The number of likely N-dealkylation sites (N-methyl/N-ethyl adjacent to an activating group) is 1. The summed E-state index contributed by atoms with van der Waals surface area (Å²) in [6.07, 6.45) is 1.07. The van der Waals surface area contributed by atoms with Gasteiger partial charge in [0.05, 0.1) is 0 Å². The quantitative estimate of drug-likeness (QED) is 0.880. The Bertz CT molecular complexity index is 600. The van der Waals surface area contributed by atoms with E-state index in [1.807, 2.05) is 6.92 Å². The molecular weight excluding hydrogens is 249 g/mol. The Morgan fingerprint density at radius 2 is 2.05 bits per heavy atom. The molecule has 0 saturated carbocycles. The van der Waals surface area contributed by atoms with E-state index in [9.17, 15) is 4.39 Å². The van der Waals surface area contributed by atoms with Gasteiger partial charge >= 0.3 is 0 Å². The van der Waals surface area contributed by atoms with Gasteiger partial charge in [0.1, 0.15) is 5.82 Å². The lowest BCUT2D eigenvalue weighted by molar-refractivity contribution is 0.418. The van der Waals surface area contributed by atoms with Gasteiger partial charge in [-0.15, -0.1) is 0 Å². The molecule has 0 aliphatic heterocycles. The summed E-state index contributed by atoms with van der Waals surface area (Å²) < 4.78 is 13.7. The van der Waals surface area contributed by atoms with Crippen molar-refractivity contribution >= 4 is 0 Å². The summed E-state index contributed by atoms with van der Waals surface area (Å²) in [5.41, 5.74) is 4.87. The number of hydrogen-bond acceptors (Lipinski definition) is 1. The second-order valence-electron chi connectivity index (χ2n) is 5.61. The number of benzene rings is 2. The van der Waals surface area contributed by atoms with Crippen molar-refractivity contribution in [1.82, 2.24) is 5.32 Å². The second kappa shape index (κ2) is 5.37. The fourth-order valence-electron chi connectivity index (χ4n) is 3.25. The second-order valence-corrected chi connectivity index (χ2v) is 5.61. The molecule has 0 radical (unpaired) electrons. The van der Waals surface area contributed by atoms with Crippen LogP contribution in [0.15, 0.2) is 42.5 Å². The first kappa shape index (κ1) is 13.3. The van der Waals surface area contributed by atoms with Gasteiger partial charge in [-0.2, -0.15) is 0 Å². The van der Waals surface area contributed by atoms with E-state index >= 15 is 0 Å². The Morgan fingerprint density at radius 3 is 2.75 bits per heavy atom. The van der Waals surface area contributed by atoms with E-state index in [2.05, 4.69) is 42.6 Å².